The second kappa shape index (κ2) is 7.07. The van der Waals surface area contributed by atoms with Crippen molar-refractivity contribution in [2.24, 2.45) is 17.8 Å². The molecule has 1 heterocycles. The maximum absolute atomic E-state index is 11.9. The molecule has 2 atom stereocenters. The number of rotatable bonds is 7. The van der Waals surface area contributed by atoms with Crippen LogP contribution in [0.25, 0.3) is 0 Å². The Labute approximate surface area is 120 Å². The SMILES string of the molecule is CC(CC(=O)O)C1CCCN(CC(=O)NCC2CC2)C1. The number of piperidine rings is 1. The minimum Gasteiger partial charge on any atom is -0.481 e. The first-order valence-electron chi connectivity index (χ1n) is 7.75. The number of carbonyl (C=O) groups is 2. The van der Waals surface area contributed by atoms with E-state index in [2.05, 4.69) is 10.2 Å². The van der Waals surface area contributed by atoms with Gasteiger partial charge in [-0.2, -0.15) is 0 Å². The molecule has 5 nitrogen and oxygen atoms in total. The van der Waals surface area contributed by atoms with E-state index >= 15 is 0 Å². The van der Waals surface area contributed by atoms with Gasteiger partial charge < -0.3 is 10.4 Å². The van der Waals surface area contributed by atoms with Crippen molar-refractivity contribution in [1.82, 2.24) is 10.2 Å². The molecule has 1 saturated heterocycles. The zero-order valence-corrected chi connectivity index (χ0v) is 12.3. The van der Waals surface area contributed by atoms with Gasteiger partial charge >= 0.3 is 5.97 Å². The Morgan fingerprint density at radius 1 is 1.35 bits per heavy atom. The number of nitrogens with zero attached hydrogens (tertiary/aromatic N) is 1. The van der Waals surface area contributed by atoms with E-state index in [-0.39, 0.29) is 18.2 Å². The van der Waals surface area contributed by atoms with E-state index in [1.54, 1.807) is 0 Å². The van der Waals surface area contributed by atoms with Crippen LogP contribution in [0.3, 0.4) is 0 Å². The Bertz CT molecular complexity index is 355. The minimum absolute atomic E-state index is 0.114. The standard InChI is InChI=1S/C15H26N2O3/c1-11(7-15(19)20)13-3-2-6-17(9-13)10-14(18)16-8-12-4-5-12/h11-13H,2-10H2,1H3,(H,16,18)(H,19,20). The molecule has 1 aliphatic carbocycles. The highest BCUT2D eigenvalue weighted by atomic mass is 16.4. The summed E-state index contributed by atoms with van der Waals surface area (Å²) in [5, 5.41) is 11.9. The van der Waals surface area contributed by atoms with Crippen LogP contribution >= 0.6 is 0 Å². The van der Waals surface area contributed by atoms with Gasteiger partial charge in [0.1, 0.15) is 0 Å². The van der Waals surface area contributed by atoms with Crippen LogP contribution in [0, 0.1) is 17.8 Å². The predicted octanol–water partition coefficient (Wildman–Crippen LogP) is 1.34. The smallest absolute Gasteiger partial charge is 0.303 e. The van der Waals surface area contributed by atoms with Gasteiger partial charge in [0.25, 0.3) is 0 Å². The molecule has 1 aliphatic heterocycles. The van der Waals surface area contributed by atoms with Crippen molar-refractivity contribution in [3.63, 3.8) is 0 Å². The lowest BCUT2D eigenvalue weighted by molar-refractivity contribution is -0.138. The van der Waals surface area contributed by atoms with Gasteiger partial charge in [-0.3, -0.25) is 14.5 Å². The Balaban J connectivity index is 1.71. The predicted molar refractivity (Wildman–Crippen MR) is 76.3 cm³/mol. The lowest BCUT2D eigenvalue weighted by atomic mass is 9.84. The summed E-state index contributed by atoms with van der Waals surface area (Å²) in [7, 11) is 0. The third-order valence-corrected chi connectivity index (χ3v) is 4.50. The molecule has 2 aliphatic rings. The summed E-state index contributed by atoms with van der Waals surface area (Å²) in [6.07, 6.45) is 4.86. The minimum atomic E-state index is -0.725. The molecule has 2 unspecified atom stereocenters. The van der Waals surface area contributed by atoms with Gasteiger partial charge in [0.05, 0.1) is 6.54 Å². The molecule has 2 N–H and O–H groups in total. The van der Waals surface area contributed by atoms with Gasteiger partial charge in [-0.1, -0.05) is 6.92 Å². The second-order valence-corrected chi connectivity index (χ2v) is 6.46. The lowest BCUT2D eigenvalue weighted by Crippen LogP contribution is -2.44. The lowest BCUT2D eigenvalue weighted by Gasteiger charge is -2.35. The monoisotopic (exact) mass is 282 g/mol. The van der Waals surface area contributed by atoms with E-state index in [0.29, 0.717) is 18.4 Å². The highest BCUT2D eigenvalue weighted by Gasteiger charge is 2.27. The molecule has 0 radical (unpaired) electrons. The summed E-state index contributed by atoms with van der Waals surface area (Å²) >= 11 is 0. The Morgan fingerprint density at radius 3 is 2.75 bits per heavy atom. The van der Waals surface area contributed by atoms with Crippen LogP contribution in [0.5, 0.6) is 0 Å². The maximum atomic E-state index is 11.9. The third-order valence-electron chi connectivity index (χ3n) is 4.50. The highest BCUT2D eigenvalue weighted by Crippen LogP contribution is 2.28. The van der Waals surface area contributed by atoms with Crippen LogP contribution < -0.4 is 5.32 Å². The number of aliphatic carboxylic acids is 1. The van der Waals surface area contributed by atoms with E-state index in [4.69, 9.17) is 5.11 Å². The number of hydrogen-bond acceptors (Lipinski definition) is 3. The second-order valence-electron chi connectivity index (χ2n) is 6.46. The number of amides is 1. The van der Waals surface area contributed by atoms with Crippen molar-refractivity contribution in [3.05, 3.63) is 0 Å². The number of carboxylic acids is 1. The fourth-order valence-corrected chi connectivity index (χ4v) is 2.98. The zero-order valence-electron chi connectivity index (χ0n) is 12.3. The first-order chi connectivity index (χ1) is 9.54. The van der Waals surface area contributed by atoms with Crippen molar-refractivity contribution in [3.8, 4) is 0 Å². The molecular formula is C15H26N2O3. The van der Waals surface area contributed by atoms with E-state index in [1.165, 1.54) is 12.8 Å². The van der Waals surface area contributed by atoms with Crippen molar-refractivity contribution in [1.29, 1.82) is 0 Å². The van der Waals surface area contributed by atoms with Crippen LogP contribution in [0.2, 0.25) is 0 Å². The maximum Gasteiger partial charge on any atom is 0.303 e. The Morgan fingerprint density at radius 2 is 2.10 bits per heavy atom. The highest BCUT2D eigenvalue weighted by molar-refractivity contribution is 5.78. The molecule has 2 rings (SSSR count). The van der Waals surface area contributed by atoms with Gasteiger partial charge in [-0.25, -0.2) is 0 Å². The molecule has 1 amide bonds. The van der Waals surface area contributed by atoms with Gasteiger partial charge in [-0.15, -0.1) is 0 Å². The number of nitrogens with one attached hydrogen (secondary N) is 1. The van der Waals surface area contributed by atoms with Crippen LogP contribution in [-0.2, 0) is 9.59 Å². The summed E-state index contributed by atoms with van der Waals surface area (Å²) in [5.74, 6) is 0.685. The Kier molecular flexibility index (Phi) is 5.40. The van der Waals surface area contributed by atoms with E-state index in [1.807, 2.05) is 6.92 Å². The Hall–Kier alpha value is -1.10. The summed E-state index contributed by atoms with van der Waals surface area (Å²) in [5.41, 5.74) is 0. The molecule has 0 aromatic rings. The first-order valence-corrected chi connectivity index (χ1v) is 7.75. The molecule has 20 heavy (non-hydrogen) atoms. The van der Waals surface area contributed by atoms with Gasteiger partial charge in [0.2, 0.25) is 5.91 Å². The average Bonchev–Trinajstić information content (AvgIpc) is 3.20. The quantitative estimate of drug-likeness (QED) is 0.739. The van der Waals surface area contributed by atoms with Crippen molar-refractivity contribution in [2.75, 3.05) is 26.2 Å². The molecule has 5 heteroatoms. The van der Waals surface area contributed by atoms with Gasteiger partial charge in [-0.05, 0) is 50.0 Å². The molecule has 0 aromatic carbocycles. The van der Waals surface area contributed by atoms with E-state index < -0.39 is 5.97 Å². The van der Waals surface area contributed by atoms with Crippen LogP contribution in [-0.4, -0.2) is 48.1 Å². The van der Waals surface area contributed by atoms with Crippen LogP contribution in [0.4, 0.5) is 0 Å². The summed E-state index contributed by atoms with van der Waals surface area (Å²) in [6.45, 7) is 5.10. The van der Waals surface area contributed by atoms with Gasteiger partial charge in [0.15, 0.2) is 0 Å². The van der Waals surface area contributed by atoms with Crippen molar-refractivity contribution in [2.45, 2.75) is 39.0 Å². The van der Waals surface area contributed by atoms with E-state index in [9.17, 15) is 9.59 Å². The normalized spacial score (nSPS) is 25.1. The summed E-state index contributed by atoms with van der Waals surface area (Å²) in [4.78, 5) is 24.8. The molecule has 0 spiro atoms. The number of carboxylic acid groups (broad SMARTS) is 1. The topological polar surface area (TPSA) is 69.6 Å². The number of carbonyl (C=O) groups excluding carboxylic acids is 1. The summed E-state index contributed by atoms with van der Waals surface area (Å²) in [6, 6.07) is 0. The fraction of sp³-hybridized carbons (Fsp3) is 0.867. The van der Waals surface area contributed by atoms with Gasteiger partial charge in [0, 0.05) is 19.5 Å². The molecule has 1 saturated carbocycles. The molecule has 0 aromatic heterocycles. The molecule has 2 fully saturated rings. The zero-order chi connectivity index (χ0) is 14.5. The van der Waals surface area contributed by atoms with Crippen LogP contribution in [0.15, 0.2) is 0 Å². The summed E-state index contributed by atoms with van der Waals surface area (Å²) < 4.78 is 0. The molecular weight excluding hydrogens is 256 g/mol. The van der Waals surface area contributed by atoms with Crippen LogP contribution in [0.1, 0.15) is 39.0 Å². The number of hydrogen-bond donors (Lipinski definition) is 2. The third kappa shape index (κ3) is 5.12. The number of likely N-dealkylation sites (tertiary alicyclic amines) is 1. The fourth-order valence-electron chi connectivity index (χ4n) is 2.98. The first kappa shape index (κ1) is 15.3. The van der Waals surface area contributed by atoms with E-state index in [0.717, 1.165) is 32.5 Å². The van der Waals surface area contributed by atoms with Crippen molar-refractivity contribution < 1.29 is 14.7 Å². The average molecular weight is 282 g/mol. The molecule has 0 bridgehead atoms. The van der Waals surface area contributed by atoms with Crippen molar-refractivity contribution >= 4 is 11.9 Å². The largest absolute Gasteiger partial charge is 0.481 e. The molecule has 114 valence electrons.